The van der Waals surface area contributed by atoms with Crippen molar-refractivity contribution >= 4 is 28.6 Å². The molecule has 5 heteroatoms. The molecule has 27 heavy (non-hydrogen) atoms. The monoisotopic (exact) mass is 382 g/mol. The molecule has 0 atom stereocenters. The minimum absolute atomic E-state index is 0.0809. The topological polar surface area (TPSA) is 54.1 Å². The van der Waals surface area contributed by atoms with Crippen LogP contribution in [0, 0.1) is 5.41 Å². The molecule has 0 saturated heterocycles. The van der Waals surface area contributed by atoms with Gasteiger partial charge in [0.1, 0.15) is 5.75 Å². The van der Waals surface area contributed by atoms with Crippen molar-refractivity contribution in [2.45, 2.75) is 25.7 Å². The molecule has 0 aliphatic carbocycles. The number of hydrogen-bond acceptors (Lipinski definition) is 3. The van der Waals surface area contributed by atoms with Crippen LogP contribution in [0.4, 0.5) is 0 Å². The van der Waals surface area contributed by atoms with Crippen LogP contribution in [-0.4, -0.2) is 30.3 Å². The van der Waals surface area contributed by atoms with Crippen molar-refractivity contribution in [3.8, 4) is 17.0 Å². The molecule has 0 aliphatic heterocycles. The van der Waals surface area contributed by atoms with Gasteiger partial charge in [-0.2, -0.15) is 0 Å². The fourth-order valence-corrected chi connectivity index (χ4v) is 3.86. The average Bonchev–Trinajstić information content (AvgIpc) is 3.03. The van der Waals surface area contributed by atoms with Gasteiger partial charge in [-0.25, -0.2) is 0 Å². The minimum Gasteiger partial charge on any atom is -0.497 e. The van der Waals surface area contributed by atoms with E-state index in [0.717, 1.165) is 28.3 Å². The zero-order chi connectivity index (χ0) is 19.4. The molecule has 1 amide bonds. The second-order valence-corrected chi connectivity index (χ2v) is 8.56. The number of benzene rings is 2. The first kappa shape index (κ1) is 19.4. The highest BCUT2D eigenvalue weighted by Gasteiger charge is 2.20. The minimum atomic E-state index is -0.361. The summed E-state index contributed by atoms with van der Waals surface area (Å²) in [6.07, 6.45) is 0. The van der Waals surface area contributed by atoms with E-state index in [1.807, 2.05) is 39.0 Å². The van der Waals surface area contributed by atoms with Gasteiger partial charge in [0.2, 0.25) is 5.91 Å². The molecule has 0 fully saturated rings. The number of aromatic amines is 1. The Balaban J connectivity index is 1.81. The maximum atomic E-state index is 12.0. The molecule has 0 aliphatic rings. The summed E-state index contributed by atoms with van der Waals surface area (Å²) in [5, 5.41) is 4.23. The van der Waals surface area contributed by atoms with E-state index in [2.05, 4.69) is 40.6 Å². The molecule has 3 rings (SSSR count). The summed E-state index contributed by atoms with van der Waals surface area (Å²) in [6, 6.07) is 16.4. The first-order valence-electron chi connectivity index (χ1n) is 9.06. The summed E-state index contributed by atoms with van der Waals surface area (Å²) in [7, 11) is 1.67. The number of carbonyl (C=O) groups is 1. The van der Waals surface area contributed by atoms with Crippen LogP contribution >= 0.6 is 11.8 Å². The van der Waals surface area contributed by atoms with Crippen LogP contribution in [0.5, 0.6) is 5.75 Å². The SMILES string of the molecule is COc1ccc(-c2[nH]c3ccccc3c2SCCNC(=O)C(C)(C)C)cc1. The van der Waals surface area contributed by atoms with E-state index in [0.29, 0.717) is 6.54 Å². The van der Waals surface area contributed by atoms with Gasteiger partial charge in [-0.1, -0.05) is 39.0 Å². The van der Waals surface area contributed by atoms with Crippen LogP contribution in [0.1, 0.15) is 20.8 Å². The second-order valence-electron chi connectivity index (χ2n) is 7.46. The number of hydrogen-bond donors (Lipinski definition) is 2. The lowest BCUT2D eigenvalue weighted by molar-refractivity contribution is -0.128. The van der Waals surface area contributed by atoms with E-state index in [4.69, 9.17) is 4.74 Å². The lowest BCUT2D eigenvalue weighted by atomic mass is 9.96. The number of rotatable bonds is 6. The number of fused-ring (bicyclic) bond motifs is 1. The smallest absolute Gasteiger partial charge is 0.225 e. The van der Waals surface area contributed by atoms with Crippen LogP contribution in [0.15, 0.2) is 53.4 Å². The summed E-state index contributed by atoms with van der Waals surface area (Å²) in [5.74, 6) is 1.73. The standard InChI is InChI=1S/C22H26N2O2S/c1-22(2,3)21(25)23-13-14-27-20-17-7-5-6-8-18(17)24-19(20)15-9-11-16(26-4)12-10-15/h5-12,24H,13-14H2,1-4H3,(H,23,25). The molecular formula is C22H26N2O2S. The van der Waals surface area contributed by atoms with Crippen LogP contribution in [0.2, 0.25) is 0 Å². The third-order valence-electron chi connectivity index (χ3n) is 4.35. The average molecular weight is 383 g/mol. The largest absolute Gasteiger partial charge is 0.497 e. The van der Waals surface area contributed by atoms with Gasteiger partial charge in [-0.05, 0) is 35.9 Å². The fourth-order valence-electron chi connectivity index (χ4n) is 2.81. The Morgan fingerprint density at radius 3 is 2.48 bits per heavy atom. The number of methoxy groups -OCH3 is 1. The maximum Gasteiger partial charge on any atom is 0.225 e. The number of para-hydroxylation sites is 1. The van der Waals surface area contributed by atoms with Crippen LogP contribution in [0.3, 0.4) is 0 Å². The quantitative estimate of drug-likeness (QED) is 0.461. The third-order valence-corrected chi connectivity index (χ3v) is 5.47. The highest BCUT2D eigenvalue weighted by atomic mass is 32.2. The number of nitrogens with one attached hydrogen (secondary N) is 2. The number of aromatic nitrogens is 1. The zero-order valence-corrected chi connectivity index (χ0v) is 17.1. The molecule has 1 heterocycles. The van der Waals surface area contributed by atoms with Gasteiger partial charge in [0.25, 0.3) is 0 Å². The molecule has 2 aromatic carbocycles. The van der Waals surface area contributed by atoms with Crippen molar-refractivity contribution in [2.75, 3.05) is 19.4 Å². The summed E-state index contributed by atoms with van der Waals surface area (Å²) in [5.41, 5.74) is 2.98. The van der Waals surface area contributed by atoms with Gasteiger partial charge < -0.3 is 15.0 Å². The van der Waals surface area contributed by atoms with E-state index < -0.39 is 0 Å². The molecule has 0 spiro atoms. The van der Waals surface area contributed by atoms with Crippen molar-refractivity contribution in [1.82, 2.24) is 10.3 Å². The van der Waals surface area contributed by atoms with E-state index in [1.165, 1.54) is 10.3 Å². The summed E-state index contributed by atoms with van der Waals surface area (Å²) in [6.45, 7) is 6.42. The normalized spacial score (nSPS) is 11.6. The molecule has 2 N–H and O–H groups in total. The van der Waals surface area contributed by atoms with Crippen LogP contribution in [0.25, 0.3) is 22.2 Å². The van der Waals surface area contributed by atoms with Crippen molar-refractivity contribution in [3.63, 3.8) is 0 Å². The van der Waals surface area contributed by atoms with E-state index in [9.17, 15) is 4.79 Å². The molecule has 142 valence electrons. The number of ether oxygens (including phenoxy) is 1. The Morgan fingerprint density at radius 2 is 1.81 bits per heavy atom. The van der Waals surface area contributed by atoms with Crippen LogP contribution < -0.4 is 10.1 Å². The van der Waals surface area contributed by atoms with Crippen LogP contribution in [-0.2, 0) is 4.79 Å². The molecule has 0 saturated carbocycles. The van der Waals surface area contributed by atoms with E-state index in [-0.39, 0.29) is 11.3 Å². The lowest BCUT2D eigenvalue weighted by Crippen LogP contribution is -2.36. The molecular weight excluding hydrogens is 356 g/mol. The first-order chi connectivity index (χ1) is 12.9. The zero-order valence-electron chi connectivity index (χ0n) is 16.3. The summed E-state index contributed by atoms with van der Waals surface area (Å²) >= 11 is 1.76. The number of H-pyrrole nitrogens is 1. The van der Waals surface area contributed by atoms with E-state index >= 15 is 0 Å². The van der Waals surface area contributed by atoms with E-state index in [1.54, 1.807) is 18.9 Å². The van der Waals surface area contributed by atoms with Gasteiger partial charge in [0, 0.05) is 33.5 Å². The molecule has 1 aromatic heterocycles. The number of thioether (sulfide) groups is 1. The molecule has 0 bridgehead atoms. The Hall–Kier alpha value is -2.40. The second kappa shape index (κ2) is 8.09. The Bertz CT molecular complexity index is 924. The molecule has 0 unspecified atom stereocenters. The predicted molar refractivity (Wildman–Crippen MR) is 113 cm³/mol. The van der Waals surface area contributed by atoms with Gasteiger partial charge >= 0.3 is 0 Å². The third kappa shape index (κ3) is 4.48. The fraction of sp³-hybridized carbons (Fsp3) is 0.318. The Morgan fingerprint density at radius 1 is 1.11 bits per heavy atom. The first-order valence-corrected chi connectivity index (χ1v) is 10.0. The van der Waals surface area contributed by atoms with Crippen molar-refractivity contribution in [2.24, 2.45) is 5.41 Å². The number of carbonyl (C=O) groups excluding carboxylic acids is 1. The Kier molecular flexibility index (Phi) is 5.80. The molecule has 4 nitrogen and oxygen atoms in total. The number of amides is 1. The molecule has 3 aromatic rings. The van der Waals surface area contributed by atoms with Gasteiger partial charge in [-0.15, -0.1) is 11.8 Å². The maximum absolute atomic E-state index is 12.0. The Labute approximate surface area is 164 Å². The predicted octanol–water partition coefficient (Wildman–Crippen LogP) is 5.10. The molecule has 0 radical (unpaired) electrons. The van der Waals surface area contributed by atoms with Crippen molar-refractivity contribution in [1.29, 1.82) is 0 Å². The summed E-state index contributed by atoms with van der Waals surface area (Å²) < 4.78 is 5.27. The van der Waals surface area contributed by atoms with Gasteiger partial charge in [0.05, 0.1) is 12.8 Å². The highest BCUT2D eigenvalue weighted by Crippen LogP contribution is 2.38. The van der Waals surface area contributed by atoms with Gasteiger partial charge in [-0.3, -0.25) is 4.79 Å². The highest BCUT2D eigenvalue weighted by molar-refractivity contribution is 7.99. The van der Waals surface area contributed by atoms with Gasteiger partial charge in [0.15, 0.2) is 0 Å². The lowest BCUT2D eigenvalue weighted by Gasteiger charge is -2.17. The van der Waals surface area contributed by atoms with Crippen molar-refractivity contribution in [3.05, 3.63) is 48.5 Å². The van der Waals surface area contributed by atoms with Crippen molar-refractivity contribution < 1.29 is 9.53 Å². The summed E-state index contributed by atoms with van der Waals surface area (Å²) in [4.78, 5) is 16.8.